The van der Waals surface area contributed by atoms with E-state index in [1.54, 1.807) is 0 Å². The molecule has 0 aliphatic heterocycles. The second-order valence-corrected chi connectivity index (χ2v) is 1.28. The first kappa shape index (κ1) is 11.9. The molecule has 0 rings (SSSR count). The zero-order chi connectivity index (χ0) is 8.41. The van der Waals surface area contributed by atoms with Crippen LogP contribution in [-0.2, 0) is 14.3 Å². The Morgan fingerprint density at radius 1 is 1.50 bits per heavy atom. The fourth-order valence-corrected chi connectivity index (χ4v) is 0.279. The Hall–Kier alpha value is -0.860. The minimum atomic E-state index is -0.336. The van der Waals surface area contributed by atoms with Gasteiger partial charge in [0.05, 0.1) is 13.5 Å². The molecule has 60 valence electrons. The maximum absolute atomic E-state index is 10.2. The molecule has 0 atom stereocenters. The molecular formula is C7H14O3. The molecule has 0 aromatic heterocycles. The molecule has 0 unspecified atom stereocenters. The standard InChI is InChI=1S/C5H8O3.C2H6/c1-8-5(7)3-2-4-6;1-2/h4H,2-3H2,1H3;1-2H3. The second-order valence-electron chi connectivity index (χ2n) is 1.28. The Kier molecular flexibility index (Phi) is 13.1. The largest absolute Gasteiger partial charge is 0.469 e. The highest BCUT2D eigenvalue weighted by Crippen LogP contribution is 1.85. The van der Waals surface area contributed by atoms with Crippen LogP contribution in [0, 0.1) is 0 Å². The van der Waals surface area contributed by atoms with Gasteiger partial charge in [-0.15, -0.1) is 0 Å². The number of ether oxygens (including phenoxy) is 1. The number of aldehydes is 1. The molecule has 0 saturated heterocycles. The van der Waals surface area contributed by atoms with Gasteiger partial charge in [0, 0.05) is 6.42 Å². The van der Waals surface area contributed by atoms with Crippen molar-refractivity contribution < 1.29 is 14.3 Å². The lowest BCUT2D eigenvalue weighted by Gasteiger charge is -1.90. The molecule has 0 aromatic rings. The van der Waals surface area contributed by atoms with Crippen molar-refractivity contribution in [1.82, 2.24) is 0 Å². The van der Waals surface area contributed by atoms with E-state index >= 15 is 0 Å². The van der Waals surface area contributed by atoms with Crippen molar-refractivity contribution in [3.63, 3.8) is 0 Å². The number of hydrogen-bond donors (Lipinski definition) is 0. The average molecular weight is 146 g/mol. The summed E-state index contributed by atoms with van der Waals surface area (Å²) in [5.74, 6) is -0.336. The van der Waals surface area contributed by atoms with E-state index in [2.05, 4.69) is 4.74 Å². The van der Waals surface area contributed by atoms with Crippen LogP contribution < -0.4 is 0 Å². The Labute approximate surface area is 61.4 Å². The molecule has 0 N–H and O–H groups in total. The summed E-state index contributed by atoms with van der Waals surface area (Å²) in [5.41, 5.74) is 0. The third-order valence-electron chi connectivity index (χ3n) is 0.694. The average Bonchev–Trinajstić information content (AvgIpc) is 2.04. The molecule has 0 aliphatic rings. The lowest BCUT2D eigenvalue weighted by molar-refractivity contribution is -0.141. The quantitative estimate of drug-likeness (QED) is 0.443. The molecule has 3 heteroatoms. The zero-order valence-electron chi connectivity index (χ0n) is 6.72. The van der Waals surface area contributed by atoms with Crippen LogP contribution in [-0.4, -0.2) is 19.4 Å². The number of methoxy groups -OCH3 is 1. The normalized spacial score (nSPS) is 7.10. The van der Waals surface area contributed by atoms with Crippen molar-refractivity contribution in [2.24, 2.45) is 0 Å². The maximum atomic E-state index is 10.2. The monoisotopic (exact) mass is 146 g/mol. The Balaban J connectivity index is 0. The van der Waals surface area contributed by atoms with Crippen LogP contribution in [0.3, 0.4) is 0 Å². The summed E-state index contributed by atoms with van der Waals surface area (Å²) >= 11 is 0. The summed E-state index contributed by atoms with van der Waals surface area (Å²) in [4.78, 5) is 19.8. The zero-order valence-corrected chi connectivity index (χ0v) is 6.72. The second kappa shape index (κ2) is 11.0. The Morgan fingerprint density at radius 2 is 2.00 bits per heavy atom. The lowest BCUT2D eigenvalue weighted by Crippen LogP contribution is -1.99. The molecule has 3 nitrogen and oxygen atoms in total. The molecule has 0 heterocycles. The van der Waals surface area contributed by atoms with Gasteiger partial charge in [-0.2, -0.15) is 0 Å². The van der Waals surface area contributed by atoms with Gasteiger partial charge in [0.25, 0.3) is 0 Å². The van der Waals surface area contributed by atoms with Gasteiger partial charge in [0.15, 0.2) is 0 Å². The predicted octanol–water partition coefficient (Wildman–Crippen LogP) is 1.16. The number of hydrogen-bond acceptors (Lipinski definition) is 3. The highest BCUT2D eigenvalue weighted by molar-refractivity contribution is 5.72. The molecular weight excluding hydrogens is 132 g/mol. The van der Waals surface area contributed by atoms with Gasteiger partial charge in [-0.05, 0) is 0 Å². The van der Waals surface area contributed by atoms with Crippen molar-refractivity contribution in [1.29, 1.82) is 0 Å². The van der Waals surface area contributed by atoms with Crippen LogP contribution in [0.25, 0.3) is 0 Å². The van der Waals surface area contributed by atoms with Crippen LogP contribution in [0.5, 0.6) is 0 Å². The lowest BCUT2D eigenvalue weighted by atomic mass is 10.3. The van der Waals surface area contributed by atoms with Crippen LogP contribution in [0.2, 0.25) is 0 Å². The van der Waals surface area contributed by atoms with Crippen molar-refractivity contribution in [2.75, 3.05) is 7.11 Å². The van der Waals surface area contributed by atoms with Crippen LogP contribution in [0.15, 0.2) is 0 Å². The van der Waals surface area contributed by atoms with Gasteiger partial charge in [-0.1, -0.05) is 13.8 Å². The first-order valence-electron chi connectivity index (χ1n) is 3.31. The minimum absolute atomic E-state index is 0.194. The summed E-state index contributed by atoms with van der Waals surface area (Å²) in [5, 5.41) is 0. The first-order chi connectivity index (χ1) is 4.81. The maximum Gasteiger partial charge on any atom is 0.305 e. The van der Waals surface area contributed by atoms with Crippen molar-refractivity contribution in [2.45, 2.75) is 26.7 Å². The van der Waals surface area contributed by atoms with Gasteiger partial charge >= 0.3 is 5.97 Å². The van der Waals surface area contributed by atoms with E-state index in [1.807, 2.05) is 13.8 Å². The topological polar surface area (TPSA) is 43.4 Å². The fourth-order valence-electron chi connectivity index (χ4n) is 0.279. The summed E-state index contributed by atoms with van der Waals surface area (Å²) in [6.07, 6.45) is 1.14. The van der Waals surface area contributed by atoms with Gasteiger partial charge in [0.2, 0.25) is 0 Å². The van der Waals surface area contributed by atoms with Crippen molar-refractivity contribution in [3.05, 3.63) is 0 Å². The van der Waals surface area contributed by atoms with E-state index in [0.29, 0.717) is 6.29 Å². The van der Waals surface area contributed by atoms with E-state index < -0.39 is 0 Å². The molecule has 0 spiro atoms. The van der Waals surface area contributed by atoms with Crippen LogP contribution >= 0.6 is 0 Å². The summed E-state index contributed by atoms with van der Waals surface area (Å²) in [7, 11) is 1.30. The molecule has 0 amide bonds. The highest BCUT2D eigenvalue weighted by atomic mass is 16.5. The van der Waals surface area contributed by atoms with Gasteiger partial charge in [-0.25, -0.2) is 0 Å². The molecule has 0 saturated carbocycles. The van der Waals surface area contributed by atoms with E-state index in [0.717, 1.165) is 0 Å². The van der Waals surface area contributed by atoms with Gasteiger partial charge in [-0.3, -0.25) is 4.79 Å². The molecule has 0 aromatic carbocycles. The van der Waals surface area contributed by atoms with Gasteiger partial charge in [0.1, 0.15) is 6.29 Å². The SMILES string of the molecule is CC.COC(=O)CCC=O. The first-order valence-corrected chi connectivity index (χ1v) is 3.31. The van der Waals surface area contributed by atoms with Crippen molar-refractivity contribution in [3.8, 4) is 0 Å². The Bertz CT molecular complexity index is 88.9. The van der Waals surface area contributed by atoms with E-state index in [9.17, 15) is 9.59 Å². The van der Waals surface area contributed by atoms with Crippen LogP contribution in [0.4, 0.5) is 0 Å². The molecule has 0 fully saturated rings. The molecule has 0 radical (unpaired) electrons. The highest BCUT2D eigenvalue weighted by Gasteiger charge is 1.95. The predicted molar refractivity (Wildman–Crippen MR) is 38.7 cm³/mol. The van der Waals surface area contributed by atoms with Crippen LogP contribution in [0.1, 0.15) is 26.7 Å². The fraction of sp³-hybridized carbons (Fsp3) is 0.714. The Morgan fingerprint density at radius 3 is 2.30 bits per heavy atom. The number of carbonyl (C=O) groups is 2. The van der Waals surface area contributed by atoms with Gasteiger partial charge < -0.3 is 9.53 Å². The summed E-state index contributed by atoms with van der Waals surface area (Å²) in [6.45, 7) is 4.00. The number of rotatable bonds is 3. The minimum Gasteiger partial charge on any atom is -0.469 e. The summed E-state index contributed by atoms with van der Waals surface area (Å²) in [6, 6.07) is 0. The third kappa shape index (κ3) is 10.2. The number of carbonyl (C=O) groups excluding carboxylic acids is 2. The van der Waals surface area contributed by atoms with Crippen molar-refractivity contribution >= 4 is 12.3 Å². The number of esters is 1. The van der Waals surface area contributed by atoms with E-state index in [-0.39, 0.29) is 18.8 Å². The molecule has 10 heavy (non-hydrogen) atoms. The molecule has 0 aliphatic carbocycles. The summed E-state index contributed by atoms with van der Waals surface area (Å²) < 4.78 is 4.25. The smallest absolute Gasteiger partial charge is 0.305 e. The van der Waals surface area contributed by atoms with E-state index in [4.69, 9.17) is 0 Å². The third-order valence-corrected chi connectivity index (χ3v) is 0.694. The molecule has 0 bridgehead atoms. The van der Waals surface area contributed by atoms with E-state index in [1.165, 1.54) is 7.11 Å².